The second-order valence-electron chi connectivity index (χ2n) is 7.98. The van der Waals surface area contributed by atoms with E-state index in [4.69, 9.17) is 38.0 Å². The van der Waals surface area contributed by atoms with Gasteiger partial charge in [0, 0.05) is 19.1 Å². The second-order valence-corrected chi connectivity index (χ2v) is 7.98. The number of esters is 1. The molecular weight excluding hydrogens is 520 g/mol. The Morgan fingerprint density at radius 3 is 1.67 bits per heavy atom. The Morgan fingerprint density at radius 1 is 0.795 bits per heavy atom. The van der Waals surface area contributed by atoms with Crippen molar-refractivity contribution in [3.8, 4) is 11.5 Å². The maximum atomic E-state index is 12.6. The molecule has 4 aromatic rings. The number of fused-ring (bicyclic) bond motifs is 2. The molecule has 2 aromatic heterocycles. The van der Waals surface area contributed by atoms with Crippen molar-refractivity contribution >= 4 is 39.8 Å². The Kier molecular flexibility index (Phi) is 7.91. The van der Waals surface area contributed by atoms with Crippen LogP contribution in [0.1, 0.15) is 28.0 Å². The summed E-state index contributed by atoms with van der Waals surface area (Å²) in [5.74, 6) is -4.32. The summed E-state index contributed by atoms with van der Waals surface area (Å²) >= 11 is 0. The predicted octanol–water partition coefficient (Wildman–Crippen LogP) is 2.66. The standard InChI is InChI=1S/C26H20O13/c1-13(27)36-12-37-14(10-34-17-4-2-6-19-23(17)15(28)8-21(38-19)25(30)31)11-35-18-5-3-7-20-24(18)16(29)9-22(39-20)26(32)33/h2-9,14H,10-12H2,1H3,(H,30,31)(H,32,33). The average molecular weight is 540 g/mol. The van der Waals surface area contributed by atoms with E-state index in [1.165, 1.54) is 43.3 Å². The van der Waals surface area contributed by atoms with Gasteiger partial charge in [-0.15, -0.1) is 0 Å². The average Bonchev–Trinajstić information content (AvgIpc) is 2.89. The molecular formula is C26H20O13. The molecule has 0 aliphatic carbocycles. The van der Waals surface area contributed by atoms with E-state index in [1.807, 2.05) is 0 Å². The minimum Gasteiger partial charge on any atom is -0.490 e. The highest BCUT2D eigenvalue weighted by atomic mass is 16.7. The fourth-order valence-electron chi connectivity index (χ4n) is 3.53. The number of carboxylic acids is 2. The topological polar surface area (TPSA) is 189 Å². The fourth-order valence-corrected chi connectivity index (χ4v) is 3.53. The van der Waals surface area contributed by atoms with Crippen LogP contribution in [-0.2, 0) is 14.3 Å². The Hall–Kier alpha value is -5.17. The predicted molar refractivity (Wildman–Crippen MR) is 131 cm³/mol. The maximum absolute atomic E-state index is 12.6. The van der Waals surface area contributed by atoms with E-state index in [0.29, 0.717) is 0 Å². The summed E-state index contributed by atoms with van der Waals surface area (Å²) in [4.78, 5) is 58.7. The van der Waals surface area contributed by atoms with Crippen LogP contribution < -0.4 is 20.3 Å². The van der Waals surface area contributed by atoms with Crippen LogP contribution in [0.5, 0.6) is 11.5 Å². The molecule has 0 aliphatic rings. The van der Waals surface area contributed by atoms with Crippen LogP contribution in [0.15, 0.2) is 67.0 Å². The molecule has 0 aliphatic heterocycles. The third-order valence-corrected chi connectivity index (χ3v) is 5.27. The normalized spacial score (nSPS) is 11.0. The van der Waals surface area contributed by atoms with Crippen LogP contribution in [0, 0.1) is 0 Å². The Morgan fingerprint density at radius 2 is 1.26 bits per heavy atom. The fraction of sp³-hybridized carbons (Fsp3) is 0.192. The summed E-state index contributed by atoms with van der Waals surface area (Å²) in [7, 11) is 0. The summed E-state index contributed by atoms with van der Waals surface area (Å²) in [6.45, 7) is 0.269. The molecule has 0 saturated carbocycles. The first-order chi connectivity index (χ1) is 18.6. The smallest absolute Gasteiger partial charge is 0.371 e. The zero-order valence-corrected chi connectivity index (χ0v) is 20.2. The van der Waals surface area contributed by atoms with Gasteiger partial charge in [0.25, 0.3) is 0 Å². The van der Waals surface area contributed by atoms with Crippen LogP contribution in [-0.4, -0.2) is 54.2 Å². The van der Waals surface area contributed by atoms with Crippen molar-refractivity contribution < 1.29 is 52.4 Å². The van der Waals surface area contributed by atoms with E-state index in [2.05, 4.69) is 0 Å². The molecule has 0 bridgehead atoms. The van der Waals surface area contributed by atoms with Gasteiger partial charge in [-0.3, -0.25) is 14.4 Å². The molecule has 0 unspecified atom stereocenters. The van der Waals surface area contributed by atoms with Crippen molar-refractivity contribution in [1.29, 1.82) is 0 Å². The van der Waals surface area contributed by atoms with Crippen LogP contribution in [0.2, 0.25) is 0 Å². The summed E-state index contributed by atoms with van der Waals surface area (Å²) < 4.78 is 32.4. The Balaban J connectivity index is 1.57. The maximum Gasteiger partial charge on any atom is 0.371 e. The quantitative estimate of drug-likeness (QED) is 0.209. The van der Waals surface area contributed by atoms with Crippen molar-refractivity contribution in [1.82, 2.24) is 0 Å². The van der Waals surface area contributed by atoms with E-state index in [1.54, 1.807) is 0 Å². The summed E-state index contributed by atoms with van der Waals surface area (Å²) in [5.41, 5.74) is -1.29. The van der Waals surface area contributed by atoms with E-state index in [0.717, 1.165) is 12.1 Å². The number of rotatable bonds is 11. The largest absolute Gasteiger partial charge is 0.490 e. The van der Waals surface area contributed by atoms with Gasteiger partial charge in [-0.25, -0.2) is 9.59 Å². The number of aromatic carboxylic acids is 2. The van der Waals surface area contributed by atoms with Crippen LogP contribution in [0.3, 0.4) is 0 Å². The van der Waals surface area contributed by atoms with E-state index in [-0.39, 0.29) is 46.7 Å². The highest BCUT2D eigenvalue weighted by molar-refractivity contribution is 5.90. The molecule has 0 radical (unpaired) electrons. The third kappa shape index (κ3) is 6.22. The minimum atomic E-state index is -1.40. The summed E-state index contributed by atoms with van der Waals surface area (Å²) in [6, 6.07) is 10.4. The number of benzene rings is 2. The van der Waals surface area contributed by atoms with E-state index >= 15 is 0 Å². The molecule has 2 aromatic carbocycles. The first-order valence-corrected chi connectivity index (χ1v) is 11.2. The summed E-state index contributed by atoms with van der Waals surface area (Å²) in [6.07, 6.45) is -0.912. The van der Waals surface area contributed by atoms with Gasteiger partial charge in [-0.05, 0) is 24.3 Å². The molecule has 0 spiro atoms. The van der Waals surface area contributed by atoms with Gasteiger partial charge in [0.15, 0.2) is 17.7 Å². The Bertz CT molecular complexity index is 1570. The second kappa shape index (κ2) is 11.5. The highest BCUT2D eigenvalue weighted by Gasteiger charge is 2.19. The molecule has 0 fully saturated rings. The lowest BCUT2D eigenvalue weighted by Crippen LogP contribution is -2.30. The molecule has 39 heavy (non-hydrogen) atoms. The highest BCUT2D eigenvalue weighted by Crippen LogP contribution is 2.25. The lowest BCUT2D eigenvalue weighted by molar-refractivity contribution is -0.161. The first kappa shape index (κ1) is 26.9. The molecule has 0 amide bonds. The lowest BCUT2D eigenvalue weighted by atomic mass is 10.2. The van der Waals surface area contributed by atoms with Gasteiger partial charge in [-0.2, -0.15) is 0 Å². The van der Waals surface area contributed by atoms with Crippen molar-refractivity contribution in [2.45, 2.75) is 13.0 Å². The van der Waals surface area contributed by atoms with Crippen molar-refractivity contribution in [3.63, 3.8) is 0 Å². The number of ether oxygens (including phenoxy) is 4. The first-order valence-electron chi connectivity index (χ1n) is 11.2. The Labute approximate surface area is 217 Å². The van der Waals surface area contributed by atoms with Gasteiger partial charge in [0.2, 0.25) is 11.5 Å². The van der Waals surface area contributed by atoms with Crippen molar-refractivity contribution in [3.05, 3.63) is 80.5 Å². The molecule has 0 atom stereocenters. The van der Waals surface area contributed by atoms with Crippen LogP contribution in [0.25, 0.3) is 21.9 Å². The van der Waals surface area contributed by atoms with Crippen molar-refractivity contribution in [2.24, 2.45) is 0 Å². The molecule has 13 nitrogen and oxygen atoms in total. The summed E-state index contributed by atoms with van der Waals surface area (Å²) in [5, 5.41) is 18.3. The zero-order valence-electron chi connectivity index (χ0n) is 20.2. The molecule has 2 N–H and O–H groups in total. The SMILES string of the molecule is CC(=O)OCOC(COc1cccc2oc(C(=O)O)cc(=O)c12)COc1cccc2oc(C(=O)O)cc(=O)c12. The minimum absolute atomic E-state index is 0.00282. The van der Waals surface area contributed by atoms with Gasteiger partial charge in [-0.1, -0.05) is 12.1 Å². The molecule has 2 heterocycles. The van der Waals surface area contributed by atoms with Crippen molar-refractivity contribution in [2.75, 3.05) is 20.0 Å². The molecule has 202 valence electrons. The monoisotopic (exact) mass is 540 g/mol. The number of hydrogen-bond donors (Lipinski definition) is 2. The van der Waals surface area contributed by atoms with Gasteiger partial charge < -0.3 is 38.0 Å². The molecule has 0 saturated heterocycles. The number of hydrogen-bond acceptors (Lipinski definition) is 11. The molecule has 4 rings (SSSR count). The van der Waals surface area contributed by atoms with E-state index in [9.17, 15) is 24.0 Å². The number of carbonyl (C=O) groups excluding carboxylic acids is 1. The zero-order chi connectivity index (χ0) is 28.1. The third-order valence-electron chi connectivity index (χ3n) is 5.27. The number of carboxylic acid groups (broad SMARTS) is 2. The van der Waals surface area contributed by atoms with Crippen LogP contribution >= 0.6 is 0 Å². The van der Waals surface area contributed by atoms with E-state index < -0.39 is 53.2 Å². The molecule has 13 heteroatoms. The lowest BCUT2D eigenvalue weighted by Gasteiger charge is -2.20. The van der Waals surface area contributed by atoms with Crippen LogP contribution in [0.4, 0.5) is 0 Å². The van der Waals surface area contributed by atoms with Gasteiger partial charge >= 0.3 is 17.9 Å². The van der Waals surface area contributed by atoms with Gasteiger partial charge in [0.05, 0.1) is 0 Å². The number of carbonyl (C=O) groups is 3. The van der Waals surface area contributed by atoms with Gasteiger partial charge in [0.1, 0.15) is 52.8 Å².